The summed E-state index contributed by atoms with van der Waals surface area (Å²) >= 11 is 0. The van der Waals surface area contributed by atoms with E-state index in [0.717, 1.165) is 24.0 Å². The van der Waals surface area contributed by atoms with Crippen molar-refractivity contribution in [2.75, 3.05) is 0 Å². The monoisotopic (exact) mass is 389 g/mol. The summed E-state index contributed by atoms with van der Waals surface area (Å²) < 4.78 is 13.6. The van der Waals surface area contributed by atoms with E-state index in [-0.39, 0.29) is 23.8 Å². The van der Waals surface area contributed by atoms with E-state index in [9.17, 15) is 9.50 Å². The van der Waals surface area contributed by atoms with Gasteiger partial charge in [-0.3, -0.25) is 0 Å². The standard InChI is InChI=1S/C26H28FNO/c1-2-9-23-25(20-12-7-4-8-13-20)28-24(19-10-5-3-6-11-19)18-26(23,29)21-14-16-22(27)17-15-21/h3-8,10-17,23-25,28-29H,2,9,18H2,1H3/t23-,24+,25+,26+/m1/s1. The number of piperidine rings is 1. The van der Waals surface area contributed by atoms with E-state index < -0.39 is 5.60 Å². The Morgan fingerprint density at radius 2 is 1.48 bits per heavy atom. The maximum absolute atomic E-state index is 13.6. The van der Waals surface area contributed by atoms with E-state index in [0.29, 0.717) is 6.42 Å². The Morgan fingerprint density at radius 3 is 2.07 bits per heavy atom. The van der Waals surface area contributed by atoms with Gasteiger partial charge in [-0.15, -0.1) is 0 Å². The van der Waals surface area contributed by atoms with Crippen LogP contribution in [0.1, 0.15) is 55.0 Å². The third-order valence-electron chi connectivity index (χ3n) is 6.22. The summed E-state index contributed by atoms with van der Waals surface area (Å²) in [5.74, 6) is -0.294. The fourth-order valence-corrected chi connectivity index (χ4v) is 4.81. The van der Waals surface area contributed by atoms with Gasteiger partial charge in [0.25, 0.3) is 0 Å². The van der Waals surface area contributed by atoms with Crippen LogP contribution in [0, 0.1) is 11.7 Å². The molecule has 1 aliphatic rings. The number of hydrogen-bond acceptors (Lipinski definition) is 2. The second-order valence-electron chi connectivity index (χ2n) is 8.05. The fraction of sp³-hybridized carbons (Fsp3) is 0.308. The Labute approximate surface area is 172 Å². The molecule has 0 radical (unpaired) electrons. The zero-order chi connectivity index (χ0) is 20.3. The van der Waals surface area contributed by atoms with Gasteiger partial charge in [0.15, 0.2) is 0 Å². The molecule has 3 aromatic rings. The number of benzene rings is 3. The second kappa shape index (κ2) is 8.48. The lowest BCUT2D eigenvalue weighted by Gasteiger charge is -2.49. The zero-order valence-electron chi connectivity index (χ0n) is 16.8. The van der Waals surface area contributed by atoms with Crippen LogP contribution in [0.15, 0.2) is 84.9 Å². The molecule has 3 aromatic carbocycles. The van der Waals surface area contributed by atoms with Gasteiger partial charge < -0.3 is 10.4 Å². The topological polar surface area (TPSA) is 32.3 Å². The minimum absolute atomic E-state index is 0.00423. The van der Waals surface area contributed by atoms with Crippen molar-refractivity contribution in [3.8, 4) is 0 Å². The molecule has 1 heterocycles. The Bertz CT molecular complexity index is 912. The van der Waals surface area contributed by atoms with E-state index in [2.05, 4.69) is 36.5 Å². The van der Waals surface area contributed by atoms with Crippen molar-refractivity contribution in [1.29, 1.82) is 0 Å². The van der Waals surface area contributed by atoms with Crippen LogP contribution >= 0.6 is 0 Å². The molecule has 150 valence electrons. The molecule has 2 nitrogen and oxygen atoms in total. The molecule has 1 aliphatic heterocycles. The summed E-state index contributed by atoms with van der Waals surface area (Å²) in [5, 5.41) is 15.9. The zero-order valence-corrected chi connectivity index (χ0v) is 16.8. The molecule has 0 saturated carbocycles. The minimum atomic E-state index is -1.05. The number of rotatable bonds is 5. The van der Waals surface area contributed by atoms with Crippen LogP contribution < -0.4 is 5.32 Å². The van der Waals surface area contributed by atoms with Gasteiger partial charge in [0, 0.05) is 24.4 Å². The van der Waals surface area contributed by atoms with E-state index in [1.54, 1.807) is 12.1 Å². The van der Waals surface area contributed by atoms with Crippen molar-refractivity contribution in [3.05, 3.63) is 107 Å². The predicted molar refractivity (Wildman–Crippen MR) is 115 cm³/mol. The first-order valence-electron chi connectivity index (χ1n) is 10.5. The van der Waals surface area contributed by atoms with Gasteiger partial charge in [-0.05, 0) is 35.2 Å². The fourth-order valence-electron chi connectivity index (χ4n) is 4.81. The molecule has 0 unspecified atom stereocenters. The maximum atomic E-state index is 13.6. The summed E-state index contributed by atoms with van der Waals surface area (Å²) in [7, 11) is 0. The van der Waals surface area contributed by atoms with Crippen LogP contribution in [0.25, 0.3) is 0 Å². The number of nitrogens with one attached hydrogen (secondary N) is 1. The molecular formula is C26H28FNO. The van der Waals surface area contributed by atoms with Crippen molar-refractivity contribution < 1.29 is 9.50 Å². The van der Waals surface area contributed by atoms with Gasteiger partial charge in [0.1, 0.15) is 5.82 Å². The smallest absolute Gasteiger partial charge is 0.123 e. The molecule has 3 heteroatoms. The summed E-state index contributed by atoms with van der Waals surface area (Å²) in [4.78, 5) is 0. The van der Waals surface area contributed by atoms with Gasteiger partial charge in [0.2, 0.25) is 0 Å². The number of halogens is 1. The summed E-state index contributed by atoms with van der Waals surface area (Å²) in [5.41, 5.74) is 2.08. The van der Waals surface area contributed by atoms with Crippen molar-refractivity contribution in [1.82, 2.24) is 5.32 Å². The number of hydrogen-bond donors (Lipinski definition) is 2. The first kappa shape index (κ1) is 19.8. The molecule has 4 atom stereocenters. The van der Waals surface area contributed by atoms with Crippen molar-refractivity contribution >= 4 is 0 Å². The van der Waals surface area contributed by atoms with Crippen LogP contribution in [0.3, 0.4) is 0 Å². The third-order valence-corrected chi connectivity index (χ3v) is 6.22. The van der Waals surface area contributed by atoms with Crippen LogP contribution in [-0.4, -0.2) is 5.11 Å². The minimum Gasteiger partial charge on any atom is -0.385 e. The average molecular weight is 390 g/mol. The largest absolute Gasteiger partial charge is 0.385 e. The lowest BCUT2D eigenvalue weighted by Crippen LogP contribution is -2.51. The van der Waals surface area contributed by atoms with Gasteiger partial charge in [0.05, 0.1) is 5.60 Å². The van der Waals surface area contributed by atoms with E-state index in [1.807, 2.05) is 36.4 Å². The van der Waals surface area contributed by atoms with Gasteiger partial charge >= 0.3 is 0 Å². The predicted octanol–water partition coefficient (Wildman–Crippen LogP) is 5.91. The lowest BCUT2D eigenvalue weighted by molar-refractivity contribution is -0.0850. The molecule has 1 fully saturated rings. The molecule has 0 aromatic heterocycles. The highest BCUT2D eigenvalue weighted by Crippen LogP contribution is 2.50. The molecule has 4 rings (SSSR count). The molecule has 0 bridgehead atoms. The highest BCUT2D eigenvalue weighted by Gasteiger charge is 2.48. The highest BCUT2D eigenvalue weighted by atomic mass is 19.1. The van der Waals surface area contributed by atoms with Gasteiger partial charge in [-0.1, -0.05) is 86.1 Å². The van der Waals surface area contributed by atoms with E-state index in [1.165, 1.54) is 17.7 Å². The number of aliphatic hydroxyl groups is 1. The Hall–Kier alpha value is -2.49. The summed E-state index contributed by atoms with van der Waals surface area (Å²) in [6.45, 7) is 2.15. The molecule has 0 spiro atoms. The molecular weight excluding hydrogens is 361 g/mol. The van der Waals surface area contributed by atoms with Crippen LogP contribution in [0.2, 0.25) is 0 Å². The van der Waals surface area contributed by atoms with Crippen molar-refractivity contribution in [2.24, 2.45) is 5.92 Å². The Kier molecular flexibility index (Phi) is 5.79. The normalized spacial score (nSPS) is 26.9. The van der Waals surface area contributed by atoms with E-state index in [4.69, 9.17) is 0 Å². The second-order valence-corrected chi connectivity index (χ2v) is 8.05. The maximum Gasteiger partial charge on any atom is 0.123 e. The van der Waals surface area contributed by atoms with Crippen LogP contribution in [-0.2, 0) is 5.60 Å². The average Bonchev–Trinajstić information content (AvgIpc) is 2.77. The lowest BCUT2D eigenvalue weighted by atomic mass is 9.66. The van der Waals surface area contributed by atoms with Gasteiger partial charge in [-0.2, -0.15) is 0 Å². The highest BCUT2D eigenvalue weighted by molar-refractivity contribution is 5.32. The molecule has 29 heavy (non-hydrogen) atoms. The first-order chi connectivity index (χ1) is 14.1. The first-order valence-corrected chi connectivity index (χ1v) is 10.5. The Balaban J connectivity index is 1.82. The van der Waals surface area contributed by atoms with E-state index >= 15 is 0 Å². The van der Waals surface area contributed by atoms with Gasteiger partial charge in [-0.25, -0.2) is 4.39 Å². The molecule has 1 saturated heterocycles. The van der Waals surface area contributed by atoms with Crippen molar-refractivity contribution in [3.63, 3.8) is 0 Å². The third kappa shape index (κ3) is 3.98. The molecule has 2 N–H and O–H groups in total. The Morgan fingerprint density at radius 1 is 0.897 bits per heavy atom. The van der Waals surface area contributed by atoms with Crippen LogP contribution in [0.4, 0.5) is 4.39 Å². The molecule has 0 amide bonds. The van der Waals surface area contributed by atoms with Crippen LogP contribution in [0.5, 0.6) is 0 Å². The van der Waals surface area contributed by atoms with Crippen molar-refractivity contribution in [2.45, 2.75) is 43.9 Å². The molecule has 0 aliphatic carbocycles. The summed E-state index contributed by atoms with van der Waals surface area (Å²) in [6.07, 6.45) is 2.40. The quantitative estimate of drug-likeness (QED) is 0.569. The summed E-state index contributed by atoms with van der Waals surface area (Å²) in [6, 6.07) is 27.0. The SMILES string of the molecule is CCC[C@@H]1[C@H](c2ccccc2)N[C@H](c2ccccc2)C[C@]1(O)c1ccc(F)cc1.